The number of aliphatic hydroxyl groups is 1. The van der Waals surface area contributed by atoms with Gasteiger partial charge in [0.25, 0.3) is 0 Å². The molecule has 5 atom stereocenters. The summed E-state index contributed by atoms with van der Waals surface area (Å²) in [6.07, 6.45) is 6.81. The molecule has 5 unspecified atom stereocenters. The van der Waals surface area contributed by atoms with Crippen molar-refractivity contribution in [1.82, 2.24) is 4.57 Å². The first-order valence-electron chi connectivity index (χ1n) is 9.37. The predicted molar refractivity (Wildman–Crippen MR) is 91.5 cm³/mol. The molecule has 3 N–H and O–H groups in total. The van der Waals surface area contributed by atoms with Crippen LogP contribution in [-0.2, 0) is 29.4 Å². The maximum Gasteiger partial charge on any atom is 0.197 e. The number of nitrogens with zero attached hydrogens (tertiary/aromatic N) is 1. The van der Waals surface area contributed by atoms with E-state index in [1.807, 2.05) is 0 Å². The first-order valence-corrected chi connectivity index (χ1v) is 9.37. The van der Waals surface area contributed by atoms with Crippen LogP contribution in [0.2, 0.25) is 0 Å². The number of aromatic nitrogens is 1. The minimum Gasteiger partial charge on any atom is -0.494 e. The van der Waals surface area contributed by atoms with Crippen LogP contribution in [0.1, 0.15) is 57.1 Å². The predicted octanol–water partition coefficient (Wildman–Crippen LogP) is 2.37. The van der Waals surface area contributed by atoms with Gasteiger partial charge in [0, 0.05) is 18.2 Å². The maximum atomic E-state index is 10.2. The number of aromatic hydroxyl groups is 2. The fourth-order valence-electron chi connectivity index (χ4n) is 4.50. The van der Waals surface area contributed by atoms with Gasteiger partial charge in [-0.2, -0.15) is 0 Å². The van der Waals surface area contributed by atoms with Gasteiger partial charge >= 0.3 is 0 Å². The molecule has 1 aliphatic carbocycles. The van der Waals surface area contributed by atoms with Crippen LogP contribution in [0, 0.1) is 5.92 Å². The van der Waals surface area contributed by atoms with Gasteiger partial charge in [0.15, 0.2) is 17.5 Å². The summed E-state index contributed by atoms with van der Waals surface area (Å²) >= 11 is 0. The lowest BCUT2D eigenvalue weighted by Gasteiger charge is -2.22. The SMILES string of the molecule is Cn1c(O)c2c(c1O)CC(CCC1OC1(C)CCC1OC1(C)O)CC2. The third kappa shape index (κ3) is 3.04. The zero-order valence-electron chi connectivity index (χ0n) is 15.3. The number of rotatable bonds is 6. The van der Waals surface area contributed by atoms with Crippen LogP contribution in [0.25, 0.3) is 0 Å². The van der Waals surface area contributed by atoms with Crippen LogP contribution in [0.3, 0.4) is 0 Å². The van der Waals surface area contributed by atoms with Crippen LogP contribution in [0.4, 0.5) is 0 Å². The Morgan fingerprint density at radius 3 is 2.40 bits per heavy atom. The molecule has 6 nitrogen and oxygen atoms in total. The van der Waals surface area contributed by atoms with Gasteiger partial charge in [0.2, 0.25) is 0 Å². The van der Waals surface area contributed by atoms with Gasteiger partial charge in [-0.3, -0.25) is 4.57 Å². The minimum atomic E-state index is -0.927. The fourth-order valence-corrected chi connectivity index (χ4v) is 4.50. The standard InChI is InChI=1S/C19H29NO5/c1-18(9-8-15-19(2,23)25-15)14(24-18)7-5-11-4-6-12-13(10-11)17(22)20(3)16(12)21/h11,14-15,21-23H,4-10H2,1-3H3. The molecular weight excluding hydrogens is 322 g/mol. The number of hydrogen-bond donors (Lipinski definition) is 3. The number of ether oxygens (including phenoxy) is 2. The van der Waals surface area contributed by atoms with E-state index in [0.29, 0.717) is 5.92 Å². The molecule has 140 valence electrons. The summed E-state index contributed by atoms with van der Waals surface area (Å²) < 4.78 is 12.6. The Hall–Kier alpha value is -1.24. The first kappa shape index (κ1) is 17.2. The van der Waals surface area contributed by atoms with Crippen LogP contribution in [0.15, 0.2) is 0 Å². The first-order chi connectivity index (χ1) is 11.7. The molecule has 2 saturated heterocycles. The Morgan fingerprint density at radius 2 is 1.72 bits per heavy atom. The van der Waals surface area contributed by atoms with Gasteiger partial charge in [0.05, 0.1) is 11.7 Å². The lowest BCUT2D eigenvalue weighted by atomic mass is 9.82. The van der Waals surface area contributed by atoms with Gasteiger partial charge in [0.1, 0.15) is 6.10 Å². The van der Waals surface area contributed by atoms with Gasteiger partial charge in [-0.25, -0.2) is 0 Å². The highest BCUT2D eigenvalue weighted by Gasteiger charge is 2.56. The molecule has 0 spiro atoms. The van der Waals surface area contributed by atoms with E-state index in [9.17, 15) is 15.3 Å². The summed E-state index contributed by atoms with van der Waals surface area (Å²) in [5.41, 5.74) is 1.76. The van der Waals surface area contributed by atoms with Crippen molar-refractivity contribution >= 4 is 0 Å². The quantitative estimate of drug-likeness (QED) is 0.685. The molecule has 0 amide bonds. The zero-order valence-corrected chi connectivity index (χ0v) is 15.3. The Kier molecular flexibility index (Phi) is 3.87. The van der Waals surface area contributed by atoms with Gasteiger partial charge in [-0.15, -0.1) is 0 Å². The van der Waals surface area contributed by atoms with E-state index in [1.54, 1.807) is 14.0 Å². The average molecular weight is 351 g/mol. The molecule has 3 heterocycles. The molecule has 2 aliphatic heterocycles. The second-order valence-corrected chi connectivity index (χ2v) is 8.47. The molecule has 3 aliphatic rings. The summed E-state index contributed by atoms with van der Waals surface area (Å²) in [7, 11) is 1.70. The zero-order chi connectivity index (χ0) is 18.0. The molecule has 0 saturated carbocycles. The van der Waals surface area contributed by atoms with Crippen LogP contribution < -0.4 is 0 Å². The molecule has 0 bridgehead atoms. The summed E-state index contributed by atoms with van der Waals surface area (Å²) in [5.74, 6) is 0.0219. The Morgan fingerprint density at radius 1 is 1.04 bits per heavy atom. The lowest BCUT2D eigenvalue weighted by molar-refractivity contribution is 0.0549. The van der Waals surface area contributed by atoms with Crippen molar-refractivity contribution in [3.63, 3.8) is 0 Å². The van der Waals surface area contributed by atoms with Gasteiger partial charge in [-0.1, -0.05) is 0 Å². The van der Waals surface area contributed by atoms with E-state index in [2.05, 4.69) is 6.92 Å². The molecule has 2 fully saturated rings. The second kappa shape index (κ2) is 5.63. The van der Waals surface area contributed by atoms with Crippen molar-refractivity contribution in [3.8, 4) is 11.8 Å². The van der Waals surface area contributed by atoms with Gasteiger partial charge < -0.3 is 24.8 Å². The molecule has 25 heavy (non-hydrogen) atoms. The summed E-state index contributed by atoms with van der Waals surface area (Å²) in [6, 6.07) is 0. The molecule has 1 aromatic rings. The lowest BCUT2D eigenvalue weighted by Crippen LogP contribution is -2.17. The molecule has 4 rings (SSSR count). The minimum absolute atomic E-state index is 0.0420. The highest BCUT2D eigenvalue weighted by Crippen LogP contribution is 2.48. The van der Waals surface area contributed by atoms with Crippen molar-refractivity contribution in [3.05, 3.63) is 11.1 Å². The van der Waals surface area contributed by atoms with E-state index >= 15 is 0 Å². The summed E-state index contributed by atoms with van der Waals surface area (Å²) in [4.78, 5) is 0. The Bertz CT molecular complexity index is 682. The molecule has 1 aromatic heterocycles. The topological polar surface area (TPSA) is 90.7 Å². The molecule has 6 heteroatoms. The summed E-state index contributed by atoms with van der Waals surface area (Å²) in [5, 5.41) is 29.9. The number of epoxide rings is 2. The molecule has 0 radical (unpaired) electrons. The third-order valence-corrected chi connectivity index (χ3v) is 6.53. The van der Waals surface area contributed by atoms with Crippen molar-refractivity contribution in [2.75, 3.05) is 0 Å². The highest BCUT2D eigenvalue weighted by atomic mass is 16.7. The van der Waals surface area contributed by atoms with Crippen LogP contribution in [0.5, 0.6) is 11.8 Å². The highest BCUT2D eigenvalue weighted by molar-refractivity contribution is 5.46. The third-order valence-electron chi connectivity index (χ3n) is 6.53. The Labute approximate surface area is 148 Å². The van der Waals surface area contributed by atoms with Crippen molar-refractivity contribution < 1.29 is 24.8 Å². The largest absolute Gasteiger partial charge is 0.494 e. The molecular formula is C19H29NO5. The van der Waals surface area contributed by atoms with E-state index < -0.39 is 5.79 Å². The smallest absolute Gasteiger partial charge is 0.197 e. The van der Waals surface area contributed by atoms with E-state index in [1.165, 1.54) is 4.57 Å². The number of fused-ring (bicyclic) bond motifs is 1. The van der Waals surface area contributed by atoms with E-state index in [-0.39, 0.29) is 29.6 Å². The normalized spacial score (nSPS) is 39.3. The molecule has 0 aromatic carbocycles. The second-order valence-electron chi connectivity index (χ2n) is 8.47. The van der Waals surface area contributed by atoms with Crippen molar-refractivity contribution in [2.45, 2.75) is 82.4 Å². The fraction of sp³-hybridized carbons (Fsp3) is 0.789. The van der Waals surface area contributed by atoms with Crippen LogP contribution in [-0.4, -0.2) is 43.5 Å². The number of hydrogen-bond acceptors (Lipinski definition) is 5. The Balaban J connectivity index is 1.25. The summed E-state index contributed by atoms with van der Waals surface area (Å²) in [6.45, 7) is 3.86. The average Bonchev–Trinajstić information content (AvgIpc) is 3.40. The maximum absolute atomic E-state index is 10.2. The monoisotopic (exact) mass is 351 g/mol. The van der Waals surface area contributed by atoms with Crippen molar-refractivity contribution in [1.29, 1.82) is 0 Å². The van der Waals surface area contributed by atoms with Crippen molar-refractivity contribution in [2.24, 2.45) is 13.0 Å². The van der Waals surface area contributed by atoms with E-state index in [0.717, 1.165) is 56.1 Å². The van der Waals surface area contributed by atoms with Gasteiger partial charge in [-0.05, 0) is 64.7 Å². The van der Waals surface area contributed by atoms with Crippen LogP contribution >= 0.6 is 0 Å². The van der Waals surface area contributed by atoms with E-state index in [4.69, 9.17) is 9.47 Å².